The van der Waals surface area contributed by atoms with E-state index in [0.29, 0.717) is 11.5 Å². The van der Waals surface area contributed by atoms with Crippen LogP contribution in [0.5, 0.6) is 5.75 Å². The van der Waals surface area contributed by atoms with Gasteiger partial charge in [0.05, 0.1) is 17.8 Å². The lowest BCUT2D eigenvalue weighted by molar-refractivity contribution is 0.0461. The molecule has 2 heterocycles. The average Bonchev–Trinajstić information content (AvgIpc) is 2.87. The molecule has 1 aliphatic rings. The molecule has 0 aliphatic carbocycles. The normalized spacial score (nSPS) is 14.9. The van der Waals surface area contributed by atoms with Crippen LogP contribution in [-0.4, -0.2) is 40.8 Å². The summed E-state index contributed by atoms with van der Waals surface area (Å²) in [6.07, 6.45) is 3.73. The smallest absolute Gasteiger partial charge is 0.253 e. The van der Waals surface area contributed by atoms with Gasteiger partial charge in [-0.25, -0.2) is 0 Å². The van der Waals surface area contributed by atoms with Crippen LogP contribution in [0.3, 0.4) is 0 Å². The van der Waals surface area contributed by atoms with Gasteiger partial charge in [0.2, 0.25) is 0 Å². The highest BCUT2D eigenvalue weighted by Gasteiger charge is 2.31. The van der Waals surface area contributed by atoms with Gasteiger partial charge in [-0.3, -0.25) is 9.48 Å². The molecule has 5 nitrogen and oxygen atoms in total. The first-order valence-electron chi connectivity index (χ1n) is 6.77. The van der Waals surface area contributed by atoms with Gasteiger partial charge in [0.1, 0.15) is 5.75 Å². The Bertz CT molecular complexity index is 633. The fourth-order valence-electron chi connectivity index (χ4n) is 2.47. The molecule has 0 atom stereocenters. The molecule has 3 rings (SSSR count). The summed E-state index contributed by atoms with van der Waals surface area (Å²) >= 11 is 3.38. The predicted molar refractivity (Wildman–Crippen MR) is 82.3 cm³/mol. The van der Waals surface area contributed by atoms with Gasteiger partial charge in [0, 0.05) is 37.3 Å². The van der Waals surface area contributed by atoms with Gasteiger partial charge in [-0.2, -0.15) is 5.10 Å². The van der Waals surface area contributed by atoms with Crippen LogP contribution in [0.15, 0.2) is 41.1 Å². The van der Waals surface area contributed by atoms with E-state index >= 15 is 0 Å². The number of rotatable bonds is 4. The van der Waals surface area contributed by atoms with Crippen molar-refractivity contribution in [2.45, 2.75) is 6.54 Å². The molecule has 1 saturated heterocycles. The van der Waals surface area contributed by atoms with Gasteiger partial charge in [0.15, 0.2) is 0 Å². The standard InChI is InChI=1S/C15H16BrN3O2/c1-21-14-4-2-12(3-5-14)15(20)18-7-11(8-18)9-19-10-13(16)6-17-19/h2-6,10-11H,7-9H2,1H3. The number of aromatic nitrogens is 2. The molecule has 0 radical (unpaired) electrons. The number of likely N-dealkylation sites (tertiary alicyclic amines) is 1. The van der Waals surface area contributed by atoms with E-state index in [-0.39, 0.29) is 5.91 Å². The van der Waals surface area contributed by atoms with E-state index < -0.39 is 0 Å². The molecular weight excluding hydrogens is 334 g/mol. The topological polar surface area (TPSA) is 47.4 Å². The fourth-order valence-corrected chi connectivity index (χ4v) is 2.80. The van der Waals surface area contributed by atoms with Crippen molar-refractivity contribution in [3.8, 4) is 5.75 Å². The van der Waals surface area contributed by atoms with E-state index in [4.69, 9.17) is 4.74 Å². The molecule has 1 aliphatic heterocycles. The molecule has 0 unspecified atom stereocenters. The highest BCUT2D eigenvalue weighted by Crippen LogP contribution is 2.22. The first kappa shape index (κ1) is 14.1. The maximum atomic E-state index is 12.3. The van der Waals surface area contributed by atoms with Gasteiger partial charge < -0.3 is 9.64 Å². The summed E-state index contributed by atoms with van der Waals surface area (Å²) in [5.41, 5.74) is 0.705. The number of amides is 1. The van der Waals surface area contributed by atoms with Crippen LogP contribution in [0.25, 0.3) is 0 Å². The molecule has 110 valence electrons. The highest BCUT2D eigenvalue weighted by atomic mass is 79.9. The maximum Gasteiger partial charge on any atom is 0.253 e. The molecule has 2 aromatic rings. The number of carbonyl (C=O) groups excluding carboxylic acids is 1. The largest absolute Gasteiger partial charge is 0.497 e. The van der Waals surface area contributed by atoms with E-state index in [9.17, 15) is 4.79 Å². The van der Waals surface area contributed by atoms with Crippen molar-refractivity contribution in [1.29, 1.82) is 0 Å². The molecular formula is C15H16BrN3O2. The van der Waals surface area contributed by atoms with E-state index in [1.165, 1.54) is 0 Å². The molecule has 1 aromatic carbocycles. The third-order valence-electron chi connectivity index (χ3n) is 3.63. The van der Waals surface area contributed by atoms with E-state index in [0.717, 1.165) is 29.9 Å². The minimum absolute atomic E-state index is 0.0792. The van der Waals surface area contributed by atoms with Gasteiger partial charge in [-0.15, -0.1) is 0 Å². The summed E-state index contributed by atoms with van der Waals surface area (Å²) in [4.78, 5) is 14.1. The Morgan fingerprint density at radius 3 is 2.67 bits per heavy atom. The zero-order valence-corrected chi connectivity index (χ0v) is 13.3. The van der Waals surface area contributed by atoms with Crippen LogP contribution in [0.4, 0.5) is 0 Å². The lowest BCUT2D eigenvalue weighted by Gasteiger charge is -2.39. The lowest BCUT2D eigenvalue weighted by atomic mass is 9.99. The van der Waals surface area contributed by atoms with Crippen molar-refractivity contribution in [1.82, 2.24) is 14.7 Å². The second-order valence-corrected chi connectivity index (χ2v) is 6.10. The molecule has 1 aromatic heterocycles. The van der Waals surface area contributed by atoms with Crippen LogP contribution in [0.2, 0.25) is 0 Å². The number of hydrogen-bond donors (Lipinski definition) is 0. The second-order valence-electron chi connectivity index (χ2n) is 5.19. The second kappa shape index (κ2) is 5.89. The van der Waals surface area contributed by atoms with E-state index in [1.807, 2.05) is 27.9 Å². The van der Waals surface area contributed by atoms with Gasteiger partial charge in [-0.05, 0) is 40.2 Å². The summed E-state index contributed by atoms with van der Waals surface area (Å²) in [7, 11) is 1.62. The third-order valence-corrected chi connectivity index (χ3v) is 4.04. The number of nitrogens with zero attached hydrogens (tertiary/aromatic N) is 3. The van der Waals surface area contributed by atoms with Crippen molar-refractivity contribution < 1.29 is 9.53 Å². The van der Waals surface area contributed by atoms with Crippen molar-refractivity contribution in [2.24, 2.45) is 5.92 Å². The predicted octanol–water partition coefficient (Wildman–Crippen LogP) is 2.43. The van der Waals surface area contributed by atoms with Crippen molar-refractivity contribution in [3.63, 3.8) is 0 Å². The first-order valence-corrected chi connectivity index (χ1v) is 7.56. The number of halogens is 1. The number of benzene rings is 1. The SMILES string of the molecule is COc1ccc(C(=O)N2CC(Cn3cc(Br)cn3)C2)cc1. The van der Waals surface area contributed by atoms with Gasteiger partial charge in [0.25, 0.3) is 5.91 Å². The Hall–Kier alpha value is -1.82. The average molecular weight is 350 g/mol. The summed E-state index contributed by atoms with van der Waals surface area (Å²) < 4.78 is 7.98. The summed E-state index contributed by atoms with van der Waals surface area (Å²) in [6, 6.07) is 7.23. The van der Waals surface area contributed by atoms with E-state index in [1.54, 1.807) is 25.4 Å². The molecule has 0 spiro atoms. The lowest BCUT2D eigenvalue weighted by Crippen LogP contribution is -2.51. The number of carbonyl (C=O) groups is 1. The minimum atomic E-state index is 0.0792. The quantitative estimate of drug-likeness (QED) is 0.851. The fraction of sp³-hybridized carbons (Fsp3) is 0.333. The van der Waals surface area contributed by atoms with Crippen LogP contribution in [0.1, 0.15) is 10.4 Å². The number of hydrogen-bond acceptors (Lipinski definition) is 3. The third kappa shape index (κ3) is 3.10. The van der Waals surface area contributed by atoms with Crippen molar-refractivity contribution in [2.75, 3.05) is 20.2 Å². The van der Waals surface area contributed by atoms with E-state index in [2.05, 4.69) is 21.0 Å². The van der Waals surface area contributed by atoms with Crippen LogP contribution in [0, 0.1) is 5.92 Å². The molecule has 0 bridgehead atoms. The molecule has 6 heteroatoms. The Morgan fingerprint density at radius 2 is 2.10 bits per heavy atom. The molecule has 1 fully saturated rings. The van der Waals surface area contributed by atoms with Gasteiger partial charge in [-0.1, -0.05) is 0 Å². The Morgan fingerprint density at radius 1 is 1.38 bits per heavy atom. The highest BCUT2D eigenvalue weighted by molar-refractivity contribution is 9.10. The molecule has 0 saturated carbocycles. The number of methoxy groups -OCH3 is 1. The first-order chi connectivity index (χ1) is 10.2. The zero-order chi connectivity index (χ0) is 14.8. The Kier molecular flexibility index (Phi) is 3.96. The summed E-state index contributed by atoms with van der Waals surface area (Å²) in [6.45, 7) is 2.41. The maximum absolute atomic E-state index is 12.3. The summed E-state index contributed by atoms with van der Waals surface area (Å²) in [5, 5.41) is 4.24. The van der Waals surface area contributed by atoms with Crippen LogP contribution >= 0.6 is 15.9 Å². The Balaban J connectivity index is 1.54. The summed E-state index contributed by atoms with van der Waals surface area (Å²) in [5.74, 6) is 1.31. The zero-order valence-electron chi connectivity index (χ0n) is 11.7. The van der Waals surface area contributed by atoms with Crippen molar-refractivity contribution >= 4 is 21.8 Å². The van der Waals surface area contributed by atoms with Crippen LogP contribution in [-0.2, 0) is 6.54 Å². The Labute approximate surface area is 131 Å². The number of ether oxygens (including phenoxy) is 1. The van der Waals surface area contributed by atoms with Crippen LogP contribution < -0.4 is 4.74 Å². The monoisotopic (exact) mass is 349 g/mol. The minimum Gasteiger partial charge on any atom is -0.497 e. The molecule has 21 heavy (non-hydrogen) atoms. The molecule has 0 N–H and O–H groups in total. The van der Waals surface area contributed by atoms with Crippen molar-refractivity contribution in [3.05, 3.63) is 46.7 Å². The van der Waals surface area contributed by atoms with Gasteiger partial charge >= 0.3 is 0 Å². The molecule has 1 amide bonds.